The van der Waals surface area contributed by atoms with Gasteiger partial charge in [0, 0.05) is 13.6 Å². The van der Waals surface area contributed by atoms with Crippen LogP contribution in [-0.4, -0.2) is 36.0 Å². The summed E-state index contributed by atoms with van der Waals surface area (Å²) in [5, 5.41) is 0. The maximum absolute atomic E-state index is 8.74. The summed E-state index contributed by atoms with van der Waals surface area (Å²) in [6, 6.07) is 0. The Morgan fingerprint density at radius 2 is 1.83 bits per heavy atom. The molecule has 12 heavy (non-hydrogen) atoms. The van der Waals surface area contributed by atoms with Crippen LogP contribution in [0.25, 0.3) is 0 Å². The lowest BCUT2D eigenvalue weighted by molar-refractivity contribution is 0.381. The second kappa shape index (κ2) is 4.91. The van der Waals surface area contributed by atoms with Crippen LogP contribution in [0.2, 0.25) is 0 Å². The highest BCUT2D eigenvalue weighted by Crippen LogP contribution is 1.91. The van der Waals surface area contributed by atoms with Crippen molar-refractivity contribution in [1.82, 2.24) is 4.90 Å². The molecule has 0 aliphatic carbocycles. The third-order valence-corrected chi connectivity index (χ3v) is 0.981. The standard InChI is InChI=1S/C6H9N.H2O4S/c1-7-5-3-2-4-6-7;1-5(2,3)4/h2-5H,6H2,1H3;(H2,1,2,3,4). The Labute approximate surface area is 71.6 Å². The smallest absolute Gasteiger partial charge is 0.377 e. The van der Waals surface area contributed by atoms with Crippen molar-refractivity contribution in [2.24, 2.45) is 0 Å². The van der Waals surface area contributed by atoms with Gasteiger partial charge in [-0.25, -0.2) is 0 Å². The predicted molar refractivity (Wildman–Crippen MR) is 45.1 cm³/mol. The first-order valence-corrected chi connectivity index (χ1v) is 4.53. The van der Waals surface area contributed by atoms with Crippen LogP contribution < -0.4 is 0 Å². The Hall–Kier alpha value is -0.850. The molecule has 0 fully saturated rings. The summed E-state index contributed by atoms with van der Waals surface area (Å²) in [6.07, 6.45) is 8.27. The topological polar surface area (TPSA) is 77.8 Å². The van der Waals surface area contributed by atoms with Crippen LogP contribution in [0.1, 0.15) is 0 Å². The summed E-state index contributed by atoms with van der Waals surface area (Å²) in [5.41, 5.74) is 0. The van der Waals surface area contributed by atoms with E-state index in [4.69, 9.17) is 17.5 Å². The minimum Gasteiger partial charge on any atom is -0.377 e. The molecule has 0 bridgehead atoms. The molecule has 0 spiro atoms. The van der Waals surface area contributed by atoms with Gasteiger partial charge in [0.15, 0.2) is 0 Å². The van der Waals surface area contributed by atoms with Crippen molar-refractivity contribution in [3.63, 3.8) is 0 Å². The zero-order valence-corrected chi connectivity index (χ0v) is 7.40. The molecule has 0 unspecified atom stereocenters. The Balaban J connectivity index is 0.000000217. The first kappa shape index (κ1) is 11.2. The molecule has 0 aromatic rings. The average Bonchev–Trinajstić information content (AvgIpc) is 1.85. The number of allylic oxidation sites excluding steroid dienone is 2. The Morgan fingerprint density at radius 3 is 2.00 bits per heavy atom. The Bertz CT molecular complexity index is 259. The molecule has 6 heteroatoms. The van der Waals surface area contributed by atoms with Gasteiger partial charge in [0.2, 0.25) is 0 Å². The van der Waals surface area contributed by atoms with E-state index in [1.54, 1.807) is 0 Å². The van der Waals surface area contributed by atoms with Gasteiger partial charge in [0.1, 0.15) is 0 Å². The SMILES string of the molecule is CN1C=CC=CC1.O=S(=O)(O)O. The molecule has 5 nitrogen and oxygen atoms in total. The van der Waals surface area contributed by atoms with Crippen LogP contribution in [0.5, 0.6) is 0 Å². The summed E-state index contributed by atoms with van der Waals surface area (Å²) in [5.74, 6) is 0. The fraction of sp³-hybridized carbons (Fsp3) is 0.333. The van der Waals surface area contributed by atoms with Crippen LogP contribution in [0.3, 0.4) is 0 Å². The maximum Gasteiger partial charge on any atom is 0.394 e. The van der Waals surface area contributed by atoms with Gasteiger partial charge in [0.25, 0.3) is 0 Å². The van der Waals surface area contributed by atoms with Gasteiger partial charge in [-0.2, -0.15) is 8.42 Å². The molecule has 0 atom stereocenters. The van der Waals surface area contributed by atoms with E-state index < -0.39 is 10.4 Å². The van der Waals surface area contributed by atoms with Crippen molar-refractivity contribution < 1.29 is 17.5 Å². The van der Waals surface area contributed by atoms with Crippen molar-refractivity contribution in [1.29, 1.82) is 0 Å². The van der Waals surface area contributed by atoms with E-state index in [-0.39, 0.29) is 0 Å². The highest BCUT2D eigenvalue weighted by molar-refractivity contribution is 7.79. The van der Waals surface area contributed by atoms with Crippen LogP contribution in [-0.2, 0) is 10.4 Å². The molecule has 0 saturated heterocycles. The van der Waals surface area contributed by atoms with Crippen LogP contribution in [0, 0.1) is 0 Å². The highest BCUT2D eigenvalue weighted by Gasteiger charge is 1.86. The van der Waals surface area contributed by atoms with Crippen molar-refractivity contribution in [3.05, 3.63) is 24.4 Å². The second-order valence-corrected chi connectivity index (χ2v) is 3.05. The second-order valence-electron chi connectivity index (χ2n) is 2.16. The normalized spacial score (nSPS) is 15.4. The number of likely N-dealkylation sites (N-methyl/N-ethyl adjacent to an activating group) is 1. The van der Waals surface area contributed by atoms with E-state index in [0.29, 0.717) is 0 Å². The number of nitrogens with zero attached hydrogens (tertiary/aromatic N) is 1. The third kappa shape index (κ3) is 11.9. The number of hydrogen-bond donors (Lipinski definition) is 2. The van der Waals surface area contributed by atoms with Gasteiger partial charge in [-0.3, -0.25) is 9.11 Å². The molecule has 0 amide bonds. The van der Waals surface area contributed by atoms with Crippen LogP contribution in [0.15, 0.2) is 24.4 Å². The highest BCUT2D eigenvalue weighted by atomic mass is 32.3. The minimum atomic E-state index is -4.67. The van der Waals surface area contributed by atoms with Gasteiger partial charge >= 0.3 is 10.4 Å². The number of hydrogen-bond acceptors (Lipinski definition) is 3. The first-order chi connectivity index (χ1) is 5.39. The monoisotopic (exact) mass is 193 g/mol. The molecule has 1 aliphatic heterocycles. The van der Waals surface area contributed by atoms with Gasteiger partial charge < -0.3 is 4.90 Å². The quantitative estimate of drug-likeness (QED) is 0.543. The van der Waals surface area contributed by atoms with E-state index in [9.17, 15) is 0 Å². The van der Waals surface area contributed by atoms with Crippen molar-refractivity contribution in [3.8, 4) is 0 Å². The van der Waals surface area contributed by atoms with E-state index in [1.165, 1.54) is 0 Å². The lowest BCUT2D eigenvalue weighted by atomic mass is 10.4. The molecule has 0 radical (unpaired) electrons. The van der Waals surface area contributed by atoms with E-state index in [2.05, 4.69) is 30.3 Å². The Kier molecular flexibility index (Phi) is 4.57. The predicted octanol–water partition coefficient (Wildman–Crippen LogP) is 0.349. The summed E-state index contributed by atoms with van der Waals surface area (Å²) in [4.78, 5) is 2.12. The third-order valence-electron chi connectivity index (χ3n) is 0.981. The molecular formula is C6H11NO4S. The fourth-order valence-corrected chi connectivity index (χ4v) is 0.563. The average molecular weight is 193 g/mol. The van der Waals surface area contributed by atoms with E-state index >= 15 is 0 Å². The summed E-state index contributed by atoms with van der Waals surface area (Å²) in [7, 11) is -2.61. The number of rotatable bonds is 0. The summed E-state index contributed by atoms with van der Waals surface area (Å²) < 4.78 is 31.6. The van der Waals surface area contributed by atoms with Crippen molar-refractivity contribution in [2.75, 3.05) is 13.6 Å². The molecule has 1 heterocycles. The molecular weight excluding hydrogens is 182 g/mol. The van der Waals surface area contributed by atoms with Crippen molar-refractivity contribution in [2.45, 2.75) is 0 Å². The molecule has 2 N–H and O–H groups in total. The zero-order chi connectivity index (χ0) is 9.61. The molecule has 0 saturated carbocycles. The molecule has 0 aromatic carbocycles. The van der Waals surface area contributed by atoms with Crippen LogP contribution in [0.4, 0.5) is 0 Å². The molecule has 0 aromatic heterocycles. The first-order valence-electron chi connectivity index (χ1n) is 3.13. The summed E-state index contributed by atoms with van der Waals surface area (Å²) >= 11 is 0. The van der Waals surface area contributed by atoms with Gasteiger partial charge in [0.05, 0.1) is 0 Å². The summed E-state index contributed by atoms with van der Waals surface area (Å²) in [6.45, 7) is 1.05. The minimum absolute atomic E-state index is 1.05. The van der Waals surface area contributed by atoms with Gasteiger partial charge in [-0.15, -0.1) is 0 Å². The van der Waals surface area contributed by atoms with E-state index in [1.807, 2.05) is 6.08 Å². The zero-order valence-electron chi connectivity index (χ0n) is 6.58. The van der Waals surface area contributed by atoms with Gasteiger partial charge in [-0.1, -0.05) is 12.2 Å². The van der Waals surface area contributed by atoms with E-state index in [0.717, 1.165) is 6.54 Å². The Morgan fingerprint density at radius 1 is 1.33 bits per heavy atom. The molecule has 70 valence electrons. The molecule has 1 aliphatic rings. The fourth-order valence-electron chi connectivity index (χ4n) is 0.563. The molecule has 1 rings (SSSR count). The maximum atomic E-state index is 8.74. The van der Waals surface area contributed by atoms with Crippen LogP contribution >= 0.6 is 0 Å². The lowest BCUT2D eigenvalue weighted by Crippen LogP contribution is -2.11. The largest absolute Gasteiger partial charge is 0.394 e. The van der Waals surface area contributed by atoms with Gasteiger partial charge in [-0.05, 0) is 12.3 Å². The lowest BCUT2D eigenvalue weighted by Gasteiger charge is -2.11. The van der Waals surface area contributed by atoms with Crippen molar-refractivity contribution >= 4 is 10.4 Å².